The SMILES string of the molecule is COc1ccc(CN(c2ncns2)S(=O)(=O)c2ccc3c(c2)OCCC3N2CC[C@H](C(F)(F)F)C[C@@H]2c2ccnn2C)c(OC)c1. The van der Waals surface area contributed by atoms with Crippen molar-refractivity contribution in [2.24, 2.45) is 13.0 Å². The van der Waals surface area contributed by atoms with Crippen molar-refractivity contribution in [2.45, 2.75) is 49.0 Å². The predicted molar refractivity (Wildman–Crippen MR) is 164 cm³/mol. The molecule has 0 saturated carbocycles. The lowest BCUT2D eigenvalue weighted by Crippen LogP contribution is -2.44. The fourth-order valence-corrected chi connectivity index (χ4v) is 8.45. The van der Waals surface area contributed by atoms with E-state index in [-0.39, 0.29) is 48.6 Å². The fraction of sp³-hybridized carbons (Fsp3) is 0.433. The molecule has 0 aliphatic carbocycles. The van der Waals surface area contributed by atoms with E-state index in [1.807, 2.05) is 0 Å². The van der Waals surface area contributed by atoms with E-state index in [1.165, 1.54) is 32.7 Å². The van der Waals surface area contributed by atoms with Crippen molar-refractivity contribution in [3.8, 4) is 17.2 Å². The van der Waals surface area contributed by atoms with E-state index in [1.54, 1.807) is 48.3 Å². The minimum absolute atomic E-state index is 0.0199. The lowest BCUT2D eigenvalue weighted by Gasteiger charge is -2.45. The fourth-order valence-electron chi connectivity index (χ4n) is 6.31. The highest BCUT2D eigenvalue weighted by atomic mass is 32.2. The third kappa shape index (κ3) is 6.12. The van der Waals surface area contributed by atoms with Crippen molar-refractivity contribution in [3.05, 3.63) is 71.8 Å². The lowest BCUT2D eigenvalue weighted by atomic mass is 9.85. The standard InChI is InChI=1S/C30H33F3N6O5S2/c1-37-25(8-11-35-37)26-14-20(30(31,32)33)9-12-38(26)24-10-13-44-28-16-22(6-7-23(24)28)46(40,41)39(29-34-18-36-45-29)17-19-4-5-21(42-2)15-27(19)43-3/h4-8,11,15-16,18,20,24,26H,9-10,12-14,17H2,1-3H3/t20-,24?,26+/m0/s1. The van der Waals surface area contributed by atoms with Gasteiger partial charge in [0.05, 0.1) is 49.9 Å². The molecule has 246 valence electrons. The minimum Gasteiger partial charge on any atom is -0.497 e. The summed E-state index contributed by atoms with van der Waals surface area (Å²) in [5.41, 5.74) is 2.00. The average Bonchev–Trinajstić information content (AvgIpc) is 3.74. The Bertz CT molecular complexity index is 1780. The highest BCUT2D eigenvalue weighted by Gasteiger charge is 2.47. The molecule has 6 rings (SSSR count). The molecule has 2 aromatic carbocycles. The van der Waals surface area contributed by atoms with Gasteiger partial charge in [0.2, 0.25) is 5.13 Å². The van der Waals surface area contributed by atoms with Gasteiger partial charge in [0.25, 0.3) is 10.0 Å². The van der Waals surface area contributed by atoms with E-state index >= 15 is 0 Å². The number of hydrogen-bond donors (Lipinski definition) is 0. The first kappa shape index (κ1) is 32.1. The minimum atomic E-state index is -4.30. The topological polar surface area (TPSA) is 112 Å². The molecule has 11 nitrogen and oxygen atoms in total. The summed E-state index contributed by atoms with van der Waals surface area (Å²) in [5, 5.41) is 4.39. The zero-order valence-electron chi connectivity index (χ0n) is 25.3. The van der Waals surface area contributed by atoms with Crippen LogP contribution in [-0.4, -0.2) is 66.0 Å². The van der Waals surface area contributed by atoms with Crippen LogP contribution in [0.5, 0.6) is 17.2 Å². The highest BCUT2D eigenvalue weighted by Crippen LogP contribution is 2.48. The Morgan fingerprint density at radius 3 is 2.59 bits per heavy atom. The zero-order valence-corrected chi connectivity index (χ0v) is 27.0. The largest absolute Gasteiger partial charge is 0.497 e. The van der Waals surface area contributed by atoms with Crippen LogP contribution in [0.25, 0.3) is 0 Å². The zero-order chi connectivity index (χ0) is 32.6. The first-order chi connectivity index (χ1) is 22.0. The summed E-state index contributed by atoms with van der Waals surface area (Å²) in [6, 6.07) is 10.8. The molecule has 2 aromatic heterocycles. The molecule has 4 aromatic rings. The maximum Gasteiger partial charge on any atom is 0.391 e. The number of alkyl halides is 3. The van der Waals surface area contributed by atoms with E-state index in [0.717, 1.165) is 21.4 Å². The Morgan fingerprint density at radius 1 is 1.09 bits per heavy atom. The number of anilines is 1. The smallest absolute Gasteiger partial charge is 0.391 e. The van der Waals surface area contributed by atoms with Crippen molar-refractivity contribution in [2.75, 3.05) is 31.7 Å². The van der Waals surface area contributed by atoms with Gasteiger partial charge in [-0.1, -0.05) is 6.07 Å². The van der Waals surface area contributed by atoms with E-state index in [4.69, 9.17) is 14.2 Å². The second kappa shape index (κ2) is 12.7. The van der Waals surface area contributed by atoms with E-state index in [0.29, 0.717) is 34.9 Å². The number of benzene rings is 2. The van der Waals surface area contributed by atoms with Gasteiger partial charge in [-0.05, 0) is 37.1 Å². The normalized spacial score (nSPS) is 20.5. The van der Waals surface area contributed by atoms with Crippen LogP contribution < -0.4 is 18.5 Å². The van der Waals surface area contributed by atoms with Gasteiger partial charge in [-0.15, -0.1) is 0 Å². The van der Waals surface area contributed by atoms with Crippen LogP contribution in [0.15, 0.2) is 59.9 Å². The molecule has 2 aliphatic heterocycles. The van der Waals surface area contributed by atoms with Crippen molar-refractivity contribution in [1.82, 2.24) is 24.0 Å². The van der Waals surface area contributed by atoms with Gasteiger partial charge < -0.3 is 14.2 Å². The Hall–Kier alpha value is -3.89. The van der Waals surface area contributed by atoms with Gasteiger partial charge in [0.1, 0.15) is 23.6 Å². The number of rotatable bonds is 9. The number of halogens is 3. The molecule has 16 heteroatoms. The molecule has 0 radical (unpaired) electrons. The van der Waals surface area contributed by atoms with Crippen LogP contribution in [0.4, 0.5) is 18.3 Å². The van der Waals surface area contributed by atoms with Gasteiger partial charge in [0, 0.05) is 67.0 Å². The molecule has 46 heavy (non-hydrogen) atoms. The maximum atomic E-state index is 14.2. The molecule has 1 saturated heterocycles. The number of fused-ring (bicyclic) bond motifs is 1. The second-order valence-corrected chi connectivity index (χ2v) is 13.8. The van der Waals surface area contributed by atoms with E-state index in [9.17, 15) is 21.6 Å². The summed E-state index contributed by atoms with van der Waals surface area (Å²) in [6.45, 7) is 0.409. The number of ether oxygens (including phenoxy) is 3. The number of hydrogen-bond acceptors (Lipinski definition) is 10. The molecular formula is C30H33F3N6O5S2. The third-order valence-corrected chi connectivity index (χ3v) is 11.2. The summed E-state index contributed by atoms with van der Waals surface area (Å²) in [6.07, 6.45) is -0.997. The Balaban J connectivity index is 1.34. The third-order valence-electron chi connectivity index (χ3n) is 8.66. The first-order valence-electron chi connectivity index (χ1n) is 14.6. The molecule has 0 amide bonds. The molecule has 0 bridgehead atoms. The molecule has 3 atom stereocenters. The van der Waals surface area contributed by atoms with Gasteiger partial charge >= 0.3 is 6.18 Å². The molecule has 1 unspecified atom stereocenters. The summed E-state index contributed by atoms with van der Waals surface area (Å²) in [5.74, 6) is -0.0528. The average molecular weight is 679 g/mol. The number of likely N-dealkylation sites (tertiary alicyclic amines) is 1. The Kier molecular flexibility index (Phi) is 8.87. The van der Waals surface area contributed by atoms with Crippen LogP contribution >= 0.6 is 11.5 Å². The summed E-state index contributed by atoms with van der Waals surface area (Å²) >= 11 is 0.938. The Labute approximate surface area is 268 Å². The van der Waals surface area contributed by atoms with Gasteiger partial charge in [-0.25, -0.2) is 17.7 Å². The first-order valence-corrected chi connectivity index (χ1v) is 16.8. The van der Waals surface area contributed by atoms with Gasteiger partial charge in [0.15, 0.2) is 0 Å². The van der Waals surface area contributed by atoms with Crippen LogP contribution in [0.2, 0.25) is 0 Å². The number of nitrogens with zero attached hydrogens (tertiary/aromatic N) is 6. The summed E-state index contributed by atoms with van der Waals surface area (Å²) in [4.78, 5) is 6.24. The van der Waals surface area contributed by atoms with Gasteiger partial charge in [-0.2, -0.15) is 22.6 Å². The molecule has 4 heterocycles. The molecule has 1 fully saturated rings. The number of piperidine rings is 1. The van der Waals surface area contributed by atoms with Crippen molar-refractivity contribution >= 4 is 26.7 Å². The summed E-state index contributed by atoms with van der Waals surface area (Å²) < 4.78 is 93.6. The lowest BCUT2D eigenvalue weighted by molar-refractivity contribution is -0.192. The monoisotopic (exact) mass is 678 g/mol. The van der Waals surface area contributed by atoms with Crippen LogP contribution in [0.3, 0.4) is 0 Å². The number of sulfonamides is 1. The van der Waals surface area contributed by atoms with Crippen molar-refractivity contribution < 1.29 is 35.8 Å². The van der Waals surface area contributed by atoms with Gasteiger partial charge in [-0.3, -0.25) is 9.58 Å². The van der Waals surface area contributed by atoms with E-state index in [2.05, 4.69) is 19.4 Å². The molecule has 0 N–H and O–H groups in total. The quantitative estimate of drug-likeness (QED) is 0.226. The van der Waals surface area contributed by atoms with Crippen LogP contribution in [-0.2, 0) is 23.6 Å². The number of methoxy groups -OCH3 is 2. The van der Waals surface area contributed by atoms with Crippen molar-refractivity contribution in [1.29, 1.82) is 0 Å². The second-order valence-electron chi connectivity index (χ2n) is 11.2. The van der Waals surface area contributed by atoms with Crippen molar-refractivity contribution in [3.63, 3.8) is 0 Å². The van der Waals surface area contributed by atoms with E-state index < -0.39 is 28.2 Å². The predicted octanol–water partition coefficient (Wildman–Crippen LogP) is 5.52. The van der Waals surface area contributed by atoms with Crippen LogP contribution in [0.1, 0.15) is 48.2 Å². The molecule has 2 aliphatic rings. The number of aryl methyl sites for hydroxylation is 1. The molecule has 0 spiro atoms. The maximum absolute atomic E-state index is 14.2. The molecular weight excluding hydrogens is 645 g/mol. The highest BCUT2D eigenvalue weighted by molar-refractivity contribution is 7.93. The summed E-state index contributed by atoms with van der Waals surface area (Å²) in [7, 11) is 0.554. The Morgan fingerprint density at radius 2 is 1.91 bits per heavy atom. The van der Waals surface area contributed by atoms with Crippen LogP contribution in [0, 0.1) is 5.92 Å². The number of aromatic nitrogens is 4.